The zero-order valence-corrected chi connectivity index (χ0v) is 8.04. The molecule has 2 rings (SSSR count). The molecular formula is C8H4AuNO2. The molecule has 0 spiro atoms. The van der Waals surface area contributed by atoms with Crippen molar-refractivity contribution in [1.29, 1.82) is 0 Å². The van der Waals surface area contributed by atoms with Crippen LogP contribution in [0.4, 0.5) is 0 Å². The number of aliphatic imine (C=N–C) groups is 1. The SMILES string of the molecule is O=C1N=C([O-])c2ccccc21.[Au+]. The molecular weight excluding hydrogens is 339 g/mol. The first-order valence-corrected chi connectivity index (χ1v) is 3.18. The molecule has 0 atom stereocenters. The molecule has 0 aliphatic carbocycles. The van der Waals surface area contributed by atoms with Crippen LogP contribution in [0.1, 0.15) is 15.9 Å². The molecule has 0 fully saturated rings. The first-order valence-electron chi connectivity index (χ1n) is 3.18. The van der Waals surface area contributed by atoms with Gasteiger partial charge in [0, 0.05) is 5.56 Å². The van der Waals surface area contributed by atoms with Crippen LogP contribution in [-0.4, -0.2) is 11.8 Å². The summed E-state index contributed by atoms with van der Waals surface area (Å²) in [5, 5.41) is 10.9. The van der Waals surface area contributed by atoms with Crippen LogP contribution in [0.3, 0.4) is 0 Å². The second-order valence-electron chi connectivity index (χ2n) is 2.27. The van der Waals surface area contributed by atoms with E-state index in [4.69, 9.17) is 0 Å². The Balaban J connectivity index is 0.000000720. The molecule has 0 aromatic heterocycles. The van der Waals surface area contributed by atoms with Gasteiger partial charge in [-0.1, -0.05) is 18.2 Å². The molecule has 1 aliphatic rings. The van der Waals surface area contributed by atoms with Gasteiger partial charge < -0.3 is 5.11 Å². The number of hydrogen-bond acceptors (Lipinski definition) is 2. The van der Waals surface area contributed by atoms with E-state index in [1.54, 1.807) is 24.3 Å². The molecule has 1 aliphatic heterocycles. The van der Waals surface area contributed by atoms with Crippen molar-refractivity contribution in [2.24, 2.45) is 4.99 Å². The maximum Gasteiger partial charge on any atom is 1.00 e. The Morgan fingerprint density at radius 1 is 1.17 bits per heavy atom. The van der Waals surface area contributed by atoms with Crippen molar-refractivity contribution >= 4 is 11.8 Å². The molecule has 0 N–H and O–H groups in total. The zero-order valence-electron chi connectivity index (χ0n) is 5.87. The van der Waals surface area contributed by atoms with Crippen LogP contribution in [0.25, 0.3) is 0 Å². The average Bonchev–Trinajstić information content (AvgIpc) is 2.30. The number of carbonyl (C=O) groups is 1. The summed E-state index contributed by atoms with van der Waals surface area (Å²) in [5.74, 6) is -0.851. The first kappa shape index (κ1) is 9.19. The van der Waals surface area contributed by atoms with Gasteiger partial charge in [-0.3, -0.25) is 4.79 Å². The molecule has 4 heteroatoms. The normalized spacial score (nSPS) is 13.3. The van der Waals surface area contributed by atoms with Crippen molar-refractivity contribution in [1.82, 2.24) is 0 Å². The minimum atomic E-state index is -0.425. The predicted octanol–water partition coefficient (Wildman–Crippen LogP) is -0.0552. The van der Waals surface area contributed by atoms with E-state index in [-0.39, 0.29) is 22.4 Å². The average molecular weight is 343 g/mol. The van der Waals surface area contributed by atoms with Gasteiger partial charge in [0.05, 0.1) is 0 Å². The Bertz CT molecular complexity index is 360. The summed E-state index contributed by atoms with van der Waals surface area (Å²) in [6.45, 7) is 0. The molecule has 0 saturated heterocycles. The third kappa shape index (κ3) is 1.22. The molecule has 1 amide bonds. The summed E-state index contributed by atoms with van der Waals surface area (Å²) in [7, 11) is 0. The Morgan fingerprint density at radius 2 is 1.75 bits per heavy atom. The summed E-state index contributed by atoms with van der Waals surface area (Å²) >= 11 is 0. The van der Waals surface area contributed by atoms with Crippen LogP contribution >= 0.6 is 0 Å². The molecule has 3 nitrogen and oxygen atoms in total. The number of rotatable bonds is 0. The Labute approximate surface area is 84.6 Å². The summed E-state index contributed by atoms with van der Waals surface area (Å²) in [5.41, 5.74) is 0.829. The minimum Gasteiger partial charge on any atom is -0.858 e. The van der Waals surface area contributed by atoms with E-state index in [0.717, 1.165) is 0 Å². The summed E-state index contributed by atoms with van der Waals surface area (Å²) in [6, 6.07) is 6.63. The summed E-state index contributed by atoms with van der Waals surface area (Å²) < 4.78 is 0. The smallest absolute Gasteiger partial charge is 0.858 e. The van der Waals surface area contributed by atoms with Crippen molar-refractivity contribution in [2.45, 2.75) is 0 Å². The maximum absolute atomic E-state index is 10.9. The van der Waals surface area contributed by atoms with Crippen LogP contribution in [0.2, 0.25) is 0 Å². The van der Waals surface area contributed by atoms with Gasteiger partial charge >= 0.3 is 22.4 Å². The van der Waals surface area contributed by atoms with E-state index in [2.05, 4.69) is 4.99 Å². The van der Waals surface area contributed by atoms with Gasteiger partial charge in [-0.25, -0.2) is 4.99 Å². The van der Waals surface area contributed by atoms with Crippen LogP contribution < -0.4 is 5.11 Å². The van der Waals surface area contributed by atoms with Gasteiger partial charge in [0.25, 0.3) is 5.91 Å². The standard InChI is InChI=1S/C8H5NO2.Au/c10-7-5-3-1-2-4-6(5)8(11)9-7;/h1-4H,(H,9,10,11);/q;+1/p-1. The Hall–Kier alpha value is -0.900. The molecule has 64 valence electrons. The number of nitrogens with zero attached hydrogens (tertiary/aromatic N) is 1. The zero-order chi connectivity index (χ0) is 7.84. The maximum atomic E-state index is 10.9. The second kappa shape index (κ2) is 3.23. The van der Waals surface area contributed by atoms with Crippen molar-refractivity contribution in [3.63, 3.8) is 0 Å². The largest absolute Gasteiger partial charge is 1.00 e. The first-order chi connectivity index (χ1) is 5.29. The fraction of sp³-hybridized carbons (Fsp3) is 0. The van der Waals surface area contributed by atoms with Crippen LogP contribution in [0, 0.1) is 0 Å². The molecule has 0 radical (unpaired) electrons. The fourth-order valence-corrected chi connectivity index (χ4v) is 1.07. The topological polar surface area (TPSA) is 52.5 Å². The summed E-state index contributed by atoms with van der Waals surface area (Å²) in [4.78, 5) is 14.2. The number of benzene rings is 1. The van der Waals surface area contributed by atoms with Crippen molar-refractivity contribution in [3.05, 3.63) is 35.4 Å². The van der Waals surface area contributed by atoms with Crippen molar-refractivity contribution < 1.29 is 32.3 Å². The van der Waals surface area contributed by atoms with E-state index in [1.807, 2.05) is 0 Å². The number of fused-ring (bicyclic) bond motifs is 1. The third-order valence-electron chi connectivity index (χ3n) is 1.59. The van der Waals surface area contributed by atoms with E-state index in [1.165, 1.54) is 0 Å². The van der Waals surface area contributed by atoms with Gasteiger partial charge in [0.15, 0.2) is 0 Å². The van der Waals surface area contributed by atoms with Crippen LogP contribution in [-0.2, 0) is 22.4 Å². The number of hydrogen-bond donors (Lipinski definition) is 0. The molecule has 1 heterocycles. The summed E-state index contributed by atoms with van der Waals surface area (Å²) in [6.07, 6.45) is 0. The quantitative estimate of drug-likeness (QED) is 0.620. The molecule has 0 saturated carbocycles. The molecule has 1 aromatic carbocycles. The molecule has 0 unspecified atom stereocenters. The Morgan fingerprint density at radius 3 is 2.33 bits per heavy atom. The molecule has 12 heavy (non-hydrogen) atoms. The van der Waals surface area contributed by atoms with Gasteiger partial charge in [0.2, 0.25) is 0 Å². The van der Waals surface area contributed by atoms with E-state index < -0.39 is 11.8 Å². The monoisotopic (exact) mass is 343 g/mol. The van der Waals surface area contributed by atoms with E-state index in [9.17, 15) is 9.90 Å². The second-order valence-corrected chi connectivity index (χ2v) is 2.27. The predicted molar refractivity (Wildman–Crippen MR) is 37.3 cm³/mol. The molecule has 1 aromatic rings. The number of carbonyl (C=O) groups excluding carboxylic acids is 1. The molecule has 0 bridgehead atoms. The van der Waals surface area contributed by atoms with Crippen LogP contribution in [0.5, 0.6) is 0 Å². The van der Waals surface area contributed by atoms with Gasteiger partial charge in [-0.05, 0) is 17.5 Å². The van der Waals surface area contributed by atoms with Gasteiger partial charge in [0.1, 0.15) is 0 Å². The van der Waals surface area contributed by atoms with Gasteiger partial charge in [-0.2, -0.15) is 0 Å². The fourth-order valence-electron chi connectivity index (χ4n) is 1.07. The van der Waals surface area contributed by atoms with E-state index >= 15 is 0 Å². The van der Waals surface area contributed by atoms with Gasteiger partial charge in [-0.15, -0.1) is 0 Å². The van der Waals surface area contributed by atoms with Crippen molar-refractivity contribution in [3.8, 4) is 0 Å². The number of amides is 1. The Kier molecular flexibility index (Phi) is 2.47. The van der Waals surface area contributed by atoms with Crippen molar-refractivity contribution in [2.75, 3.05) is 0 Å². The van der Waals surface area contributed by atoms with E-state index in [0.29, 0.717) is 11.1 Å². The minimum absolute atomic E-state index is 0. The van der Waals surface area contributed by atoms with Crippen LogP contribution in [0.15, 0.2) is 29.3 Å². The third-order valence-corrected chi connectivity index (χ3v) is 1.59.